The van der Waals surface area contributed by atoms with Crippen LogP contribution in [-0.4, -0.2) is 35.9 Å². The zero-order valence-corrected chi connectivity index (χ0v) is 24.6. The molecule has 218 valence electrons. The molecule has 0 amide bonds. The molecule has 2 aliphatic heterocycles. The van der Waals surface area contributed by atoms with E-state index in [4.69, 9.17) is 14.2 Å². The summed E-state index contributed by atoms with van der Waals surface area (Å²) in [6, 6.07) is 13.7. The maximum Gasteiger partial charge on any atom is 0.339 e. The van der Waals surface area contributed by atoms with Gasteiger partial charge in [-0.15, -0.1) is 0 Å². The van der Waals surface area contributed by atoms with Gasteiger partial charge in [0.2, 0.25) is 0 Å². The molecular formula is C37H40O5. The fraction of sp³-hybridized carbons (Fsp3) is 0.622. The molecule has 0 aromatic heterocycles. The zero-order chi connectivity index (χ0) is 28.2. The predicted octanol–water partition coefficient (Wildman–Crippen LogP) is 6.31. The number of allylic oxidation sites excluding steroid dienone is 2. The maximum absolute atomic E-state index is 13.9. The van der Waals surface area contributed by atoms with Crippen molar-refractivity contribution >= 4 is 22.7 Å². The lowest BCUT2D eigenvalue weighted by molar-refractivity contribution is -0.170. The van der Waals surface area contributed by atoms with Crippen molar-refractivity contribution in [2.24, 2.45) is 76.9 Å². The Morgan fingerprint density at radius 3 is 2.07 bits per heavy atom. The summed E-state index contributed by atoms with van der Waals surface area (Å²) in [6.45, 7) is 5.79. The third kappa shape index (κ3) is 2.99. The van der Waals surface area contributed by atoms with E-state index in [1.165, 1.54) is 12.8 Å². The van der Waals surface area contributed by atoms with Crippen LogP contribution in [0, 0.1) is 76.9 Å². The Balaban J connectivity index is 0.998. The smallest absolute Gasteiger partial charge is 0.339 e. The highest BCUT2D eigenvalue weighted by Crippen LogP contribution is 2.77. The predicted molar refractivity (Wildman–Crippen MR) is 156 cm³/mol. The van der Waals surface area contributed by atoms with E-state index in [1.54, 1.807) is 0 Å². The Labute approximate surface area is 247 Å². The van der Waals surface area contributed by atoms with E-state index in [2.05, 4.69) is 12.2 Å². The van der Waals surface area contributed by atoms with Crippen molar-refractivity contribution in [1.82, 2.24) is 0 Å². The molecule has 6 aliphatic carbocycles. The number of hydrogen-bond acceptors (Lipinski definition) is 5. The Morgan fingerprint density at radius 1 is 0.738 bits per heavy atom. The van der Waals surface area contributed by atoms with Gasteiger partial charge in [-0.3, -0.25) is 4.79 Å². The van der Waals surface area contributed by atoms with E-state index in [1.807, 2.05) is 63.2 Å². The Kier molecular flexibility index (Phi) is 4.76. The van der Waals surface area contributed by atoms with Crippen LogP contribution in [-0.2, 0) is 19.0 Å². The van der Waals surface area contributed by atoms with Crippen molar-refractivity contribution in [3.8, 4) is 0 Å². The van der Waals surface area contributed by atoms with Crippen molar-refractivity contribution in [2.75, 3.05) is 0 Å². The largest absolute Gasteiger partial charge is 0.460 e. The molecule has 0 spiro atoms. The van der Waals surface area contributed by atoms with Crippen LogP contribution in [0.1, 0.15) is 50.4 Å². The van der Waals surface area contributed by atoms with Crippen molar-refractivity contribution in [1.29, 1.82) is 0 Å². The summed E-state index contributed by atoms with van der Waals surface area (Å²) in [5, 5.41) is 1.91. The summed E-state index contributed by atoms with van der Waals surface area (Å²) in [5.74, 6) is 6.34. The number of hydrogen-bond donors (Lipinski definition) is 0. The van der Waals surface area contributed by atoms with Gasteiger partial charge in [0.05, 0.1) is 23.7 Å². The first kappa shape index (κ1) is 24.7. The van der Waals surface area contributed by atoms with Gasteiger partial charge < -0.3 is 14.2 Å². The summed E-state index contributed by atoms with van der Waals surface area (Å²) in [7, 11) is 0. The lowest BCUT2D eigenvalue weighted by Crippen LogP contribution is -2.54. The molecule has 8 bridgehead atoms. The molecule has 8 aliphatic rings. The quantitative estimate of drug-likeness (QED) is 0.249. The summed E-state index contributed by atoms with van der Waals surface area (Å²) in [4.78, 5) is 27.8. The highest BCUT2D eigenvalue weighted by atomic mass is 16.6. The number of benzene rings is 2. The maximum atomic E-state index is 13.9. The van der Waals surface area contributed by atoms with E-state index < -0.39 is 17.6 Å². The molecule has 42 heavy (non-hydrogen) atoms. The van der Waals surface area contributed by atoms with Crippen LogP contribution in [0.4, 0.5) is 0 Å². The Bertz CT molecular complexity index is 1550. The highest BCUT2D eigenvalue weighted by Gasteiger charge is 2.79. The molecule has 10 rings (SSSR count). The van der Waals surface area contributed by atoms with Crippen molar-refractivity contribution in [2.45, 2.75) is 63.9 Å². The monoisotopic (exact) mass is 564 g/mol. The Morgan fingerprint density at radius 2 is 1.36 bits per heavy atom. The lowest BCUT2D eigenvalue weighted by Gasteiger charge is -2.49. The third-order valence-corrected chi connectivity index (χ3v) is 13.5. The number of ether oxygens (including phenoxy) is 3. The minimum Gasteiger partial charge on any atom is -0.460 e. The van der Waals surface area contributed by atoms with Crippen LogP contribution in [0.5, 0.6) is 0 Å². The standard InChI is InChI=1S/C37H40O5/c1-37(2,3)42-36(39)31-23-15-24(32(31)41-35(38)20-10-6-8-16-7-4-5-9-19(16)20)30-29(23)33-27-21-14-22(28(27)34(30)40-33)26-18-12-11-17(13-18)25(21)26/h4-12,17-18,21-34H,13-15H2,1-3H3. The van der Waals surface area contributed by atoms with Crippen molar-refractivity contribution in [3.05, 3.63) is 60.2 Å². The molecule has 5 saturated carbocycles. The number of carbonyl (C=O) groups excluding carboxylic acids is 2. The van der Waals surface area contributed by atoms with E-state index in [-0.39, 0.29) is 36.0 Å². The second-order valence-electron chi connectivity index (χ2n) is 16.1. The summed E-state index contributed by atoms with van der Waals surface area (Å²) < 4.78 is 19.6. The number of esters is 2. The van der Waals surface area contributed by atoms with Crippen LogP contribution in [0.15, 0.2) is 54.6 Å². The normalized spacial score (nSPS) is 49.5. The van der Waals surface area contributed by atoms with E-state index in [0.29, 0.717) is 29.2 Å². The zero-order valence-electron chi connectivity index (χ0n) is 24.6. The molecule has 5 heteroatoms. The molecule has 16 atom stereocenters. The minimum absolute atomic E-state index is 0.155. The number of fused-ring (bicyclic) bond motifs is 24. The number of rotatable bonds is 3. The van der Waals surface area contributed by atoms with Gasteiger partial charge in [-0.2, -0.15) is 0 Å². The van der Waals surface area contributed by atoms with Gasteiger partial charge in [0.15, 0.2) is 0 Å². The molecule has 2 aromatic rings. The fourth-order valence-electron chi connectivity index (χ4n) is 12.9. The first-order valence-corrected chi connectivity index (χ1v) is 16.5. The molecule has 0 N–H and O–H groups in total. The molecule has 7 fully saturated rings. The van der Waals surface area contributed by atoms with Gasteiger partial charge in [0.1, 0.15) is 11.7 Å². The van der Waals surface area contributed by atoms with Gasteiger partial charge in [-0.1, -0.05) is 48.6 Å². The molecule has 0 radical (unpaired) electrons. The van der Waals surface area contributed by atoms with Crippen LogP contribution in [0.3, 0.4) is 0 Å². The van der Waals surface area contributed by atoms with Gasteiger partial charge in [-0.05, 0) is 122 Å². The first-order chi connectivity index (χ1) is 20.3. The molecular weight excluding hydrogens is 524 g/mol. The second kappa shape index (κ2) is 8.08. The van der Waals surface area contributed by atoms with Crippen LogP contribution in [0.2, 0.25) is 0 Å². The Hall–Kier alpha value is -2.66. The van der Waals surface area contributed by atoms with E-state index >= 15 is 0 Å². The van der Waals surface area contributed by atoms with Gasteiger partial charge in [-0.25, -0.2) is 4.79 Å². The summed E-state index contributed by atoms with van der Waals surface area (Å²) in [6.07, 6.45) is 8.83. The highest BCUT2D eigenvalue weighted by molar-refractivity contribution is 6.04. The van der Waals surface area contributed by atoms with Gasteiger partial charge >= 0.3 is 11.9 Å². The average Bonchev–Trinajstić information content (AvgIpc) is 3.79. The average molecular weight is 565 g/mol. The number of carbonyl (C=O) groups is 2. The first-order valence-electron chi connectivity index (χ1n) is 16.5. The molecule has 2 heterocycles. The second-order valence-corrected chi connectivity index (χ2v) is 16.1. The fourth-order valence-corrected chi connectivity index (χ4v) is 12.9. The van der Waals surface area contributed by atoms with Crippen molar-refractivity contribution in [3.63, 3.8) is 0 Å². The summed E-state index contributed by atoms with van der Waals surface area (Å²) >= 11 is 0. The minimum atomic E-state index is -0.590. The SMILES string of the molecule is CC(C)(C)OC(=O)C1C2CC(C1OC(=O)c1cccc3ccccc13)C1C3OC(C21)C1C2CC(C4C5C=CC(C5)C24)C31. The van der Waals surface area contributed by atoms with Crippen LogP contribution in [0.25, 0.3) is 10.8 Å². The topological polar surface area (TPSA) is 61.8 Å². The molecule has 5 nitrogen and oxygen atoms in total. The lowest BCUT2D eigenvalue weighted by atomic mass is 9.54. The van der Waals surface area contributed by atoms with E-state index in [0.717, 1.165) is 52.7 Å². The van der Waals surface area contributed by atoms with Crippen LogP contribution < -0.4 is 0 Å². The van der Waals surface area contributed by atoms with Crippen molar-refractivity contribution < 1.29 is 23.8 Å². The molecule has 2 aromatic carbocycles. The summed E-state index contributed by atoms with van der Waals surface area (Å²) in [5.41, 5.74) is -0.0173. The van der Waals surface area contributed by atoms with Gasteiger partial charge in [0.25, 0.3) is 0 Å². The molecule has 16 unspecified atom stereocenters. The van der Waals surface area contributed by atoms with Crippen LogP contribution >= 0.6 is 0 Å². The van der Waals surface area contributed by atoms with E-state index in [9.17, 15) is 9.59 Å². The van der Waals surface area contributed by atoms with Gasteiger partial charge in [0, 0.05) is 5.92 Å². The molecule has 2 saturated heterocycles. The third-order valence-electron chi connectivity index (χ3n) is 13.5.